The normalized spacial score (nSPS) is 24.8. The third-order valence-electron chi connectivity index (χ3n) is 3.05. The summed E-state index contributed by atoms with van der Waals surface area (Å²) in [6, 6.07) is 6.21. The molecule has 3 N–H and O–H groups in total. The van der Waals surface area contributed by atoms with Crippen LogP contribution in [0.5, 0.6) is 0 Å². The molecule has 2 rings (SSSR count). The van der Waals surface area contributed by atoms with E-state index in [9.17, 15) is 0 Å². The van der Waals surface area contributed by atoms with Crippen LogP contribution in [0.25, 0.3) is 0 Å². The van der Waals surface area contributed by atoms with Crippen molar-refractivity contribution >= 4 is 5.69 Å². The van der Waals surface area contributed by atoms with Crippen molar-refractivity contribution in [3.8, 4) is 6.07 Å². The van der Waals surface area contributed by atoms with Crippen LogP contribution >= 0.6 is 0 Å². The van der Waals surface area contributed by atoms with E-state index >= 15 is 0 Å². The van der Waals surface area contributed by atoms with Crippen molar-refractivity contribution in [3.63, 3.8) is 0 Å². The summed E-state index contributed by atoms with van der Waals surface area (Å²) in [6.45, 7) is 0. The van der Waals surface area contributed by atoms with E-state index in [4.69, 9.17) is 11.0 Å². The zero-order chi connectivity index (χ0) is 11.4. The van der Waals surface area contributed by atoms with E-state index in [1.54, 1.807) is 12.3 Å². The van der Waals surface area contributed by atoms with E-state index in [-0.39, 0.29) is 6.04 Å². The molecule has 1 saturated carbocycles. The topological polar surface area (TPSA) is 74.7 Å². The van der Waals surface area contributed by atoms with E-state index in [1.165, 1.54) is 12.8 Å². The Labute approximate surface area is 95.5 Å². The van der Waals surface area contributed by atoms with E-state index < -0.39 is 0 Å². The number of aromatic nitrogens is 1. The molecule has 1 aromatic rings. The molecular weight excluding hydrogens is 200 g/mol. The molecule has 2 atom stereocenters. The highest BCUT2D eigenvalue weighted by molar-refractivity contribution is 5.47. The molecule has 1 heterocycles. The molecule has 0 aromatic carbocycles. The number of anilines is 1. The molecule has 84 valence electrons. The van der Waals surface area contributed by atoms with Gasteiger partial charge in [-0.15, -0.1) is 0 Å². The third-order valence-corrected chi connectivity index (χ3v) is 3.05. The molecule has 0 aliphatic heterocycles. The molecular formula is C12H16N4. The second-order valence-corrected chi connectivity index (χ2v) is 4.24. The van der Waals surface area contributed by atoms with Crippen LogP contribution in [0, 0.1) is 11.3 Å². The molecule has 1 aromatic heterocycles. The second-order valence-electron chi connectivity index (χ2n) is 4.24. The van der Waals surface area contributed by atoms with Gasteiger partial charge in [0.15, 0.2) is 0 Å². The standard InChI is InChI=1S/C12H16N4/c13-8-10-7-9(5-6-15-10)16-12-4-2-1-3-11(12)14/h5-7,11-12H,1-4,14H2,(H,15,16)/t11-,12-/m1/s1. The van der Waals surface area contributed by atoms with Crippen LogP contribution in [-0.2, 0) is 0 Å². The van der Waals surface area contributed by atoms with E-state index in [0.717, 1.165) is 18.5 Å². The van der Waals surface area contributed by atoms with Crippen molar-refractivity contribution in [1.82, 2.24) is 4.98 Å². The number of pyridine rings is 1. The minimum Gasteiger partial charge on any atom is -0.381 e. The number of rotatable bonds is 2. The highest BCUT2D eigenvalue weighted by Gasteiger charge is 2.21. The summed E-state index contributed by atoms with van der Waals surface area (Å²) in [5, 5.41) is 12.1. The Morgan fingerprint density at radius 1 is 1.44 bits per heavy atom. The lowest BCUT2D eigenvalue weighted by Gasteiger charge is -2.30. The molecule has 0 radical (unpaired) electrons. The summed E-state index contributed by atoms with van der Waals surface area (Å²) in [4.78, 5) is 3.94. The van der Waals surface area contributed by atoms with Gasteiger partial charge in [-0.3, -0.25) is 0 Å². The zero-order valence-electron chi connectivity index (χ0n) is 9.19. The minimum atomic E-state index is 0.215. The SMILES string of the molecule is N#Cc1cc(N[C@@H]2CCCC[C@H]2N)ccn1. The van der Waals surface area contributed by atoms with Crippen LogP contribution in [0.4, 0.5) is 5.69 Å². The average molecular weight is 216 g/mol. The first-order valence-corrected chi connectivity index (χ1v) is 5.68. The number of nitrogens with one attached hydrogen (secondary N) is 1. The molecule has 4 heteroatoms. The first-order chi connectivity index (χ1) is 7.79. The molecule has 1 aliphatic carbocycles. The first-order valence-electron chi connectivity index (χ1n) is 5.68. The fourth-order valence-electron chi connectivity index (χ4n) is 2.13. The summed E-state index contributed by atoms with van der Waals surface area (Å²) < 4.78 is 0. The van der Waals surface area contributed by atoms with Crippen LogP contribution in [0.15, 0.2) is 18.3 Å². The Bertz CT molecular complexity index is 396. The molecule has 0 spiro atoms. The van der Waals surface area contributed by atoms with Gasteiger partial charge >= 0.3 is 0 Å². The monoisotopic (exact) mass is 216 g/mol. The smallest absolute Gasteiger partial charge is 0.142 e. The fraction of sp³-hybridized carbons (Fsp3) is 0.500. The number of hydrogen-bond donors (Lipinski definition) is 2. The Hall–Kier alpha value is -1.60. The second kappa shape index (κ2) is 4.95. The van der Waals surface area contributed by atoms with Crippen LogP contribution in [0.2, 0.25) is 0 Å². The summed E-state index contributed by atoms with van der Waals surface area (Å²) in [5.41, 5.74) is 7.43. The molecule has 0 saturated heterocycles. The minimum absolute atomic E-state index is 0.215. The Balaban J connectivity index is 2.05. The predicted octanol–water partition coefficient (Wildman–Crippen LogP) is 1.64. The molecule has 16 heavy (non-hydrogen) atoms. The zero-order valence-corrected chi connectivity index (χ0v) is 9.19. The molecule has 4 nitrogen and oxygen atoms in total. The molecule has 0 bridgehead atoms. The van der Waals surface area contributed by atoms with Crippen molar-refractivity contribution in [2.75, 3.05) is 5.32 Å². The summed E-state index contributed by atoms with van der Waals surface area (Å²) in [5.74, 6) is 0. The summed E-state index contributed by atoms with van der Waals surface area (Å²) in [7, 11) is 0. The highest BCUT2D eigenvalue weighted by atomic mass is 15.0. The Morgan fingerprint density at radius 2 is 2.25 bits per heavy atom. The summed E-state index contributed by atoms with van der Waals surface area (Å²) >= 11 is 0. The summed E-state index contributed by atoms with van der Waals surface area (Å²) in [6.07, 6.45) is 6.27. The van der Waals surface area contributed by atoms with Gasteiger partial charge in [-0.05, 0) is 25.0 Å². The van der Waals surface area contributed by atoms with E-state index in [0.29, 0.717) is 11.7 Å². The van der Waals surface area contributed by atoms with Crippen molar-refractivity contribution in [1.29, 1.82) is 5.26 Å². The van der Waals surface area contributed by atoms with E-state index in [2.05, 4.69) is 10.3 Å². The number of nitrogens with zero attached hydrogens (tertiary/aromatic N) is 2. The van der Waals surface area contributed by atoms with Crippen LogP contribution in [0.3, 0.4) is 0 Å². The van der Waals surface area contributed by atoms with Gasteiger partial charge in [-0.1, -0.05) is 12.8 Å². The lowest BCUT2D eigenvalue weighted by atomic mass is 9.91. The maximum Gasteiger partial charge on any atom is 0.142 e. The molecule has 1 aliphatic rings. The predicted molar refractivity (Wildman–Crippen MR) is 62.8 cm³/mol. The van der Waals surface area contributed by atoms with E-state index in [1.807, 2.05) is 12.1 Å². The Kier molecular flexibility index (Phi) is 3.37. The molecule has 1 fully saturated rings. The van der Waals surface area contributed by atoms with Crippen molar-refractivity contribution in [3.05, 3.63) is 24.0 Å². The lowest BCUT2D eigenvalue weighted by Crippen LogP contribution is -2.42. The molecule has 0 unspecified atom stereocenters. The maximum absolute atomic E-state index is 8.75. The highest BCUT2D eigenvalue weighted by Crippen LogP contribution is 2.21. The van der Waals surface area contributed by atoms with Gasteiger partial charge < -0.3 is 11.1 Å². The van der Waals surface area contributed by atoms with Gasteiger partial charge in [0.2, 0.25) is 0 Å². The number of nitriles is 1. The van der Waals surface area contributed by atoms with Gasteiger partial charge in [0.1, 0.15) is 11.8 Å². The van der Waals surface area contributed by atoms with Gasteiger partial charge in [0.05, 0.1) is 0 Å². The van der Waals surface area contributed by atoms with Crippen LogP contribution in [0.1, 0.15) is 31.4 Å². The quantitative estimate of drug-likeness (QED) is 0.788. The first kappa shape index (κ1) is 10.9. The Morgan fingerprint density at radius 3 is 3.00 bits per heavy atom. The average Bonchev–Trinajstić information content (AvgIpc) is 2.32. The number of hydrogen-bond acceptors (Lipinski definition) is 4. The number of nitrogens with two attached hydrogens (primary N) is 1. The maximum atomic E-state index is 8.75. The van der Waals surface area contributed by atoms with Crippen LogP contribution in [-0.4, -0.2) is 17.1 Å². The van der Waals surface area contributed by atoms with Gasteiger partial charge in [-0.2, -0.15) is 5.26 Å². The lowest BCUT2D eigenvalue weighted by molar-refractivity contribution is 0.404. The third kappa shape index (κ3) is 2.50. The van der Waals surface area contributed by atoms with Gasteiger partial charge in [0.25, 0.3) is 0 Å². The van der Waals surface area contributed by atoms with Gasteiger partial charge in [-0.25, -0.2) is 4.98 Å². The fourth-order valence-corrected chi connectivity index (χ4v) is 2.13. The largest absolute Gasteiger partial charge is 0.381 e. The van der Waals surface area contributed by atoms with Gasteiger partial charge in [0, 0.05) is 24.0 Å². The van der Waals surface area contributed by atoms with Crippen molar-refractivity contribution < 1.29 is 0 Å². The van der Waals surface area contributed by atoms with Crippen molar-refractivity contribution in [2.24, 2.45) is 5.73 Å². The molecule has 0 amide bonds. The van der Waals surface area contributed by atoms with Crippen LogP contribution < -0.4 is 11.1 Å². The van der Waals surface area contributed by atoms with Crippen molar-refractivity contribution in [2.45, 2.75) is 37.8 Å².